The molecule has 0 saturated carbocycles. The van der Waals surface area contributed by atoms with Gasteiger partial charge < -0.3 is 20.3 Å². The maximum Gasteiger partial charge on any atom is 0.262 e. The second-order valence-electron chi connectivity index (χ2n) is 12.8. The van der Waals surface area contributed by atoms with Crippen molar-refractivity contribution in [1.82, 2.24) is 0 Å². The number of allylic oxidation sites excluding steroid dienone is 5. The molecule has 0 saturated heterocycles. The van der Waals surface area contributed by atoms with Crippen LogP contribution in [0.5, 0.6) is 0 Å². The standard InChI is InChI=1S/C42H41N3O6S4/c1-31-18-23-39-37(30-31)44(27-11-29-53-51-49-47)41(55-39)25-22-33-20-19-32(42(33)45(34-12-4-2-5-13-34)35-14-6-3-7-15-35)21-24-40-43(26-10-28-52-50-48-46)36-16-8-9-17-38(36)54-40/h2-9,12-18,21-25,30H,10-11,19-20,26-29H2,1H3,(H-,46,47)/p-1. The van der Waals surface area contributed by atoms with Crippen LogP contribution in [0, 0.1) is 6.92 Å². The minimum atomic E-state index is 0.633. The number of thiazole rings is 1. The molecule has 0 radical (unpaired) electrons. The first kappa shape index (κ1) is 39.4. The van der Waals surface area contributed by atoms with Gasteiger partial charge in [0.2, 0.25) is 5.52 Å². The zero-order chi connectivity index (χ0) is 37.8. The van der Waals surface area contributed by atoms with Crippen molar-refractivity contribution < 1.29 is 33.8 Å². The summed E-state index contributed by atoms with van der Waals surface area (Å²) in [5.74, 6) is 1.27. The average Bonchev–Trinajstić information content (AvgIpc) is 3.89. The Bertz CT molecular complexity index is 2130. The summed E-state index contributed by atoms with van der Waals surface area (Å²) in [4.78, 5) is 5.98. The molecule has 0 atom stereocenters. The second-order valence-corrected chi connectivity index (χ2v) is 16.5. The molecule has 0 fully saturated rings. The first-order valence-corrected chi connectivity index (χ1v) is 21.5. The number of benzene rings is 4. The summed E-state index contributed by atoms with van der Waals surface area (Å²) in [7, 11) is 0. The highest BCUT2D eigenvalue weighted by atomic mass is 32.2. The fraction of sp³-hybridized carbons (Fsp3) is 0.214. The highest BCUT2D eigenvalue weighted by Gasteiger charge is 2.28. The zero-order valence-electron chi connectivity index (χ0n) is 30.2. The van der Waals surface area contributed by atoms with Crippen LogP contribution < -0.4 is 24.9 Å². The van der Waals surface area contributed by atoms with Crippen molar-refractivity contribution in [3.63, 3.8) is 0 Å². The van der Waals surface area contributed by atoms with Gasteiger partial charge in [0.1, 0.15) is 4.70 Å². The Labute approximate surface area is 338 Å². The Hall–Kier alpha value is -3.86. The number of fused-ring (bicyclic) bond motifs is 2. The van der Waals surface area contributed by atoms with Gasteiger partial charge in [-0.15, -0.1) is 0 Å². The predicted molar refractivity (Wildman–Crippen MR) is 221 cm³/mol. The van der Waals surface area contributed by atoms with E-state index in [0.717, 1.165) is 84.3 Å². The van der Waals surface area contributed by atoms with E-state index in [9.17, 15) is 10.5 Å². The van der Waals surface area contributed by atoms with E-state index in [1.807, 2.05) is 0 Å². The molecule has 1 aliphatic heterocycles. The number of hydrogen-bond acceptors (Lipinski definition) is 12. The molecule has 4 aromatic carbocycles. The third-order valence-corrected chi connectivity index (χ3v) is 12.7. The van der Waals surface area contributed by atoms with Gasteiger partial charge in [0, 0.05) is 77.0 Å². The molecule has 0 amide bonds. The Morgan fingerprint density at radius 3 is 2.22 bits per heavy atom. The largest absolute Gasteiger partial charge is 0.691 e. The normalized spacial score (nSPS) is 15.7. The van der Waals surface area contributed by atoms with Crippen molar-refractivity contribution in [1.29, 1.82) is 0 Å². The van der Waals surface area contributed by atoms with Crippen LogP contribution in [0.1, 0.15) is 36.3 Å². The number of thioether (sulfide) groups is 1. The number of anilines is 3. The van der Waals surface area contributed by atoms with Gasteiger partial charge in [-0.25, -0.2) is 0 Å². The highest BCUT2D eigenvalue weighted by Crippen LogP contribution is 2.47. The smallest absolute Gasteiger partial charge is 0.262 e. The van der Waals surface area contributed by atoms with Crippen LogP contribution in [0.2, 0.25) is 0 Å². The summed E-state index contributed by atoms with van der Waals surface area (Å²) < 4.78 is 12.6. The molecule has 9 nitrogen and oxygen atoms in total. The Kier molecular flexibility index (Phi) is 14.2. The summed E-state index contributed by atoms with van der Waals surface area (Å²) in [6, 6.07) is 36.2. The molecule has 2 aliphatic rings. The molecule has 1 aromatic heterocycles. The molecule has 0 spiro atoms. The Morgan fingerprint density at radius 2 is 1.49 bits per heavy atom. The molecule has 55 heavy (non-hydrogen) atoms. The second kappa shape index (κ2) is 19.8. The van der Waals surface area contributed by atoms with Crippen LogP contribution in [0.25, 0.3) is 16.3 Å². The van der Waals surface area contributed by atoms with E-state index >= 15 is 0 Å². The van der Waals surface area contributed by atoms with Crippen LogP contribution in [0.3, 0.4) is 0 Å². The van der Waals surface area contributed by atoms with E-state index in [-0.39, 0.29) is 0 Å². The first-order chi connectivity index (χ1) is 27.1. The van der Waals surface area contributed by atoms with Gasteiger partial charge in [-0.1, -0.05) is 83.8 Å². The molecular weight excluding hydrogens is 771 g/mol. The van der Waals surface area contributed by atoms with Crippen molar-refractivity contribution in [3.05, 3.63) is 154 Å². The van der Waals surface area contributed by atoms with Crippen LogP contribution in [0.4, 0.5) is 17.1 Å². The molecule has 0 bridgehead atoms. The summed E-state index contributed by atoms with van der Waals surface area (Å²) in [5, 5.41) is 30.0. The number of nitrogens with zero attached hydrogens (tertiary/aromatic N) is 3. The van der Waals surface area contributed by atoms with E-state index in [1.54, 1.807) is 23.1 Å². The van der Waals surface area contributed by atoms with Gasteiger partial charge in [0.15, 0.2) is 6.54 Å². The highest BCUT2D eigenvalue weighted by molar-refractivity contribution is 8.03. The van der Waals surface area contributed by atoms with Crippen LogP contribution in [0.15, 0.2) is 148 Å². The fourth-order valence-electron chi connectivity index (χ4n) is 6.87. The minimum Gasteiger partial charge on any atom is -0.691 e. The first-order valence-electron chi connectivity index (χ1n) is 18.0. The van der Waals surface area contributed by atoms with Crippen molar-refractivity contribution >= 4 is 80.5 Å². The van der Waals surface area contributed by atoms with Gasteiger partial charge >= 0.3 is 0 Å². The lowest BCUT2D eigenvalue weighted by Gasteiger charge is -2.28. The Morgan fingerprint density at radius 1 is 0.800 bits per heavy atom. The predicted octanol–water partition coefficient (Wildman–Crippen LogP) is 9.30. The maximum absolute atomic E-state index is 10.3. The summed E-state index contributed by atoms with van der Waals surface area (Å²) in [5.41, 5.74) is 9.46. The fourth-order valence-corrected chi connectivity index (χ4v) is 9.74. The van der Waals surface area contributed by atoms with Crippen LogP contribution >= 0.6 is 47.2 Å². The lowest BCUT2D eigenvalue weighted by Crippen LogP contribution is -2.35. The summed E-state index contributed by atoms with van der Waals surface area (Å²) >= 11 is 5.61. The van der Waals surface area contributed by atoms with Crippen molar-refractivity contribution in [2.24, 2.45) is 0 Å². The lowest BCUT2D eigenvalue weighted by atomic mass is 10.1. The minimum absolute atomic E-state index is 0.633. The van der Waals surface area contributed by atoms with E-state index in [4.69, 9.17) is 0 Å². The number of aromatic nitrogens is 1. The van der Waals surface area contributed by atoms with Gasteiger partial charge in [-0.05, 0) is 97.5 Å². The van der Waals surface area contributed by atoms with Crippen molar-refractivity contribution in [3.8, 4) is 0 Å². The zero-order valence-corrected chi connectivity index (χ0v) is 33.5. The van der Waals surface area contributed by atoms with Gasteiger partial charge in [-0.2, -0.15) is 13.2 Å². The van der Waals surface area contributed by atoms with Gasteiger partial charge in [-0.3, -0.25) is 10.1 Å². The van der Waals surface area contributed by atoms with Gasteiger partial charge in [0.25, 0.3) is 5.01 Å². The van der Waals surface area contributed by atoms with Gasteiger partial charge in [0.05, 0.1) is 16.4 Å². The topological polar surface area (TPSA) is 93.4 Å². The third-order valence-electron chi connectivity index (χ3n) is 9.27. The molecular formula is C42H40N3O6S4-. The SMILES string of the molecule is Cc1ccc2c(c1)N(CCCSOO[O-])/C(=C/C=C1\CCC(/C=C/c3sc4ccccc4[n+]3CCCSOO[O-])=C1N(c1ccccc1)c1ccccc1)S2. The third kappa shape index (κ3) is 9.76. The molecule has 0 unspecified atom stereocenters. The van der Waals surface area contributed by atoms with Crippen LogP contribution in [-0.4, -0.2) is 18.1 Å². The summed E-state index contributed by atoms with van der Waals surface area (Å²) in [6.45, 7) is 3.67. The molecule has 284 valence electrons. The Balaban J connectivity index is 1.28. The molecule has 5 aromatic rings. The quantitative estimate of drug-likeness (QED) is 0.0279. The number of hydrogen-bond donors (Lipinski definition) is 0. The van der Waals surface area contributed by atoms with E-state index < -0.39 is 0 Å². The molecule has 1 aliphatic carbocycles. The maximum atomic E-state index is 10.3. The monoisotopic (exact) mass is 810 g/mol. The van der Waals surface area contributed by atoms with Crippen molar-refractivity contribution in [2.75, 3.05) is 27.9 Å². The number of para-hydroxylation sites is 3. The van der Waals surface area contributed by atoms with Crippen molar-refractivity contribution in [2.45, 2.75) is 44.0 Å². The molecule has 2 heterocycles. The molecule has 13 heteroatoms. The number of rotatable bonds is 18. The molecule has 0 N–H and O–H groups in total. The molecule has 7 rings (SSSR count). The van der Waals surface area contributed by atoms with E-state index in [2.05, 4.69) is 167 Å². The van der Waals surface area contributed by atoms with Crippen LogP contribution in [-0.2, 0) is 25.3 Å². The number of aryl methyl sites for hydroxylation is 2. The van der Waals surface area contributed by atoms with E-state index in [0.29, 0.717) is 11.5 Å². The lowest BCUT2D eigenvalue weighted by molar-refractivity contribution is -0.777. The van der Waals surface area contributed by atoms with E-state index in [1.165, 1.54) is 43.2 Å². The summed E-state index contributed by atoms with van der Waals surface area (Å²) in [6.07, 6.45) is 12.5. The average molecular weight is 811 g/mol.